The lowest BCUT2D eigenvalue weighted by molar-refractivity contribution is -0.138. The number of benzene rings is 1. The van der Waals surface area contributed by atoms with Crippen LogP contribution in [0.4, 0.5) is 0 Å². The van der Waals surface area contributed by atoms with Crippen LogP contribution in [0.1, 0.15) is 37.2 Å². The predicted molar refractivity (Wildman–Crippen MR) is 75.2 cm³/mol. The van der Waals surface area contributed by atoms with Gasteiger partial charge in [0.2, 0.25) is 0 Å². The molecule has 0 saturated carbocycles. The molecular weight excluding hydrogens is 272 g/mol. The molecule has 7 nitrogen and oxygen atoms in total. The second kappa shape index (κ2) is 6.83. The summed E-state index contributed by atoms with van der Waals surface area (Å²) in [5.74, 6) is 0.560. The molecule has 0 amide bonds. The minimum absolute atomic E-state index is 0.00660. The van der Waals surface area contributed by atoms with Gasteiger partial charge in [-0.2, -0.15) is 0 Å². The molecule has 0 fully saturated rings. The van der Waals surface area contributed by atoms with Crippen molar-refractivity contribution in [2.75, 3.05) is 7.11 Å². The van der Waals surface area contributed by atoms with E-state index in [1.165, 1.54) is 0 Å². The van der Waals surface area contributed by atoms with Gasteiger partial charge in [-0.15, -0.1) is 5.10 Å². The Hall–Kier alpha value is -2.44. The van der Waals surface area contributed by atoms with Crippen molar-refractivity contribution in [1.29, 1.82) is 0 Å². The van der Waals surface area contributed by atoms with Gasteiger partial charge in [0.1, 0.15) is 5.75 Å². The Morgan fingerprint density at radius 1 is 1.48 bits per heavy atom. The van der Waals surface area contributed by atoms with E-state index in [1.807, 2.05) is 31.2 Å². The molecule has 1 heterocycles. The van der Waals surface area contributed by atoms with Gasteiger partial charge in [0.05, 0.1) is 19.6 Å². The Morgan fingerprint density at radius 3 is 2.95 bits per heavy atom. The van der Waals surface area contributed by atoms with Crippen LogP contribution in [-0.4, -0.2) is 38.4 Å². The smallest absolute Gasteiger partial charge is 0.305 e. The van der Waals surface area contributed by atoms with Gasteiger partial charge < -0.3 is 9.84 Å². The number of carbonyl (C=O) groups is 1. The van der Waals surface area contributed by atoms with Crippen molar-refractivity contribution < 1.29 is 14.6 Å². The Bertz CT molecular complexity index is 612. The molecular formula is C14H18N4O3. The summed E-state index contributed by atoms with van der Waals surface area (Å²) in [6, 6.07) is 7.40. The van der Waals surface area contributed by atoms with E-state index >= 15 is 0 Å². The lowest BCUT2D eigenvalue weighted by Crippen LogP contribution is -2.17. The van der Waals surface area contributed by atoms with Crippen LogP contribution in [0.3, 0.4) is 0 Å². The number of carboxylic acid groups (broad SMARTS) is 1. The number of carboxylic acids is 1. The first kappa shape index (κ1) is 15.0. The molecule has 0 radical (unpaired) electrons. The zero-order valence-electron chi connectivity index (χ0n) is 12.1. The van der Waals surface area contributed by atoms with Gasteiger partial charge in [-0.1, -0.05) is 19.1 Å². The molecule has 0 aliphatic carbocycles. The summed E-state index contributed by atoms with van der Waals surface area (Å²) in [5, 5.41) is 20.6. The third-order valence-electron chi connectivity index (χ3n) is 3.28. The van der Waals surface area contributed by atoms with Crippen LogP contribution >= 0.6 is 0 Å². The van der Waals surface area contributed by atoms with Gasteiger partial charge in [0.15, 0.2) is 5.82 Å². The van der Waals surface area contributed by atoms with Crippen LogP contribution in [0.15, 0.2) is 24.3 Å². The van der Waals surface area contributed by atoms with E-state index in [0.717, 1.165) is 11.3 Å². The van der Waals surface area contributed by atoms with Crippen molar-refractivity contribution in [3.63, 3.8) is 0 Å². The minimum atomic E-state index is -0.857. The molecule has 1 aromatic heterocycles. The monoisotopic (exact) mass is 290 g/mol. The molecule has 0 bridgehead atoms. The van der Waals surface area contributed by atoms with Crippen LogP contribution in [0, 0.1) is 0 Å². The fourth-order valence-corrected chi connectivity index (χ4v) is 2.18. The molecule has 0 aliphatic rings. The molecule has 1 aromatic carbocycles. The highest BCUT2D eigenvalue weighted by molar-refractivity contribution is 5.67. The summed E-state index contributed by atoms with van der Waals surface area (Å²) in [5.41, 5.74) is 1.01. The molecule has 0 saturated heterocycles. The second-order valence-corrected chi connectivity index (χ2v) is 4.73. The molecule has 2 aromatic rings. The van der Waals surface area contributed by atoms with Crippen LogP contribution in [0.5, 0.6) is 5.75 Å². The van der Waals surface area contributed by atoms with Gasteiger partial charge in [-0.3, -0.25) is 4.79 Å². The summed E-state index contributed by atoms with van der Waals surface area (Å²) in [7, 11) is 1.61. The van der Waals surface area contributed by atoms with E-state index < -0.39 is 5.97 Å². The summed E-state index contributed by atoms with van der Waals surface area (Å²) in [4.78, 5) is 10.9. The molecule has 1 N–H and O–H groups in total. The van der Waals surface area contributed by atoms with Crippen LogP contribution in [0.25, 0.3) is 0 Å². The zero-order valence-corrected chi connectivity index (χ0v) is 12.1. The third kappa shape index (κ3) is 3.77. The Kier molecular flexibility index (Phi) is 4.86. The highest BCUT2D eigenvalue weighted by Gasteiger charge is 2.19. The molecule has 112 valence electrons. The lowest BCUT2D eigenvalue weighted by atomic mass is 10.1. The van der Waals surface area contributed by atoms with Crippen molar-refractivity contribution in [3.05, 3.63) is 35.7 Å². The lowest BCUT2D eigenvalue weighted by Gasteiger charge is -2.14. The maximum Gasteiger partial charge on any atom is 0.305 e. The van der Waals surface area contributed by atoms with E-state index in [0.29, 0.717) is 18.7 Å². The summed E-state index contributed by atoms with van der Waals surface area (Å²) >= 11 is 0. The number of tetrazole rings is 1. The quantitative estimate of drug-likeness (QED) is 0.834. The SMILES string of the molecule is CCC(CC(=O)O)n1nnnc1Cc1cccc(OC)c1. The normalized spacial score (nSPS) is 12.1. The summed E-state index contributed by atoms with van der Waals surface area (Å²) < 4.78 is 6.79. The molecule has 2 rings (SSSR count). The molecule has 7 heteroatoms. The van der Waals surface area contributed by atoms with Crippen molar-refractivity contribution >= 4 is 5.97 Å². The fourth-order valence-electron chi connectivity index (χ4n) is 2.18. The Labute approximate surface area is 122 Å². The van der Waals surface area contributed by atoms with Gasteiger partial charge in [0, 0.05) is 6.42 Å². The fraction of sp³-hybridized carbons (Fsp3) is 0.429. The van der Waals surface area contributed by atoms with E-state index in [-0.39, 0.29) is 12.5 Å². The maximum atomic E-state index is 10.9. The van der Waals surface area contributed by atoms with Crippen LogP contribution < -0.4 is 4.74 Å². The van der Waals surface area contributed by atoms with Crippen LogP contribution in [0.2, 0.25) is 0 Å². The number of hydrogen-bond donors (Lipinski definition) is 1. The first-order chi connectivity index (χ1) is 10.1. The van der Waals surface area contributed by atoms with E-state index in [2.05, 4.69) is 15.5 Å². The highest BCUT2D eigenvalue weighted by atomic mass is 16.5. The van der Waals surface area contributed by atoms with Crippen molar-refractivity contribution in [2.45, 2.75) is 32.2 Å². The van der Waals surface area contributed by atoms with Crippen LogP contribution in [-0.2, 0) is 11.2 Å². The number of methoxy groups -OCH3 is 1. The van der Waals surface area contributed by atoms with Crippen molar-refractivity contribution in [2.24, 2.45) is 0 Å². The first-order valence-electron chi connectivity index (χ1n) is 6.75. The number of hydrogen-bond acceptors (Lipinski definition) is 5. The average Bonchev–Trinajstić information content (AvgIpc) is 2.92. The second-order valence-electron chi connectivity index (χ2n) is 4.73. The summed E-state index contributed by atoms with van der Waals surface area (Å²) in [6.45, 7) is 1.92. The Morgan fingerprint density at radius 2 is 2.29 bits per heavy atom. The number of nitrogens with zero attached hydrogens (tertiary/aromatic N) is 4. The topological polar surface area (TPSA) is 90.1 Å². The third-order valence-corrected chi connectivity index (χ3v) is 3.28. The molecule has 0 aliphatic heterocycles. The zero-order chi connectivity index (χ0) is 15.2. The standard InChI is InChI=1S/C14H18N4O3/c1-3-11(9-14(19)20)18-13(15-16-17-18)8-10-5-4-6-12(7-10)21-2/h4-7,11H,3,8-9H2,1-2H3,(H,19,20). The van der Waals surface area contributed by atoms with Gasteiger partial charge in [-0.05, 0) is 34.5 Å². The molecule has 0 spiro atoms. The molecule has 21 heavy (non-hydrogen) atoms. The number of aliphatic carboxylic acids is 1. The first-order valence-corrected chi connectivity index (χ1v) is 6.75. The average molecular weight is 290 g/mol. The number of rotatable bonds is 7. The van der Waals surface area contributed by atoms with E-state index in [9.17, 15) is 4.79 Å². The van der Waals surface area contributed by atoms with Gasteiger partial charge in [-0.25, -0.2) is 4.68 Å². The van der Waals surface area contributed by atoms with Crippen molar-refractivity contribution in [1.82, 2.24) is 20.2 Å². The highest BCUT2D eigenvalue weighted by Crippen LogP contribution is 2.19. The van der Waals surface area contributed by atoms with E-state index in [1.54, 1.807) is 11.8 Å². The summed E-state index contributed by atoms with van der Waals surface area (Å²) in [6.07, 6.45) is 1.19. The molecule has 1 atom stereocenters. The molecule has 1 unspecified atom stereocenters. The number of ether oxygens (including phenoxy) is 1. The van der Waals surface area contributed by atoms with Crippen molar-refractivity contribution in [3.8, 4) is 5.75 Å². The Balaban J connectivity index is 2.21. The van der Waals surface area contributed by atoms with E-state index in [4.69, 9.17) is 9.84 Å². The number of aromatic nitrogens is 4. The maximum absolute atomic E-state index is 10.9. The van der Waals surface area contributed by atoms with Gasteiger partial charge in [0.25, 0.3) is 0 Å². The predicted octanol–water partition coefficient (Wildman–Crippen LogP) is 1.70. The minimum Gasteiger partial charge on any atom is -0.497 e. The largest absolute Gasteiger partial charge is 0.497 e. The van der Waals surface area contributed by atoms with Gasteiger partial charge >= 0.3 is 5.97 Å².